The van der Waals surface area contributed by atoms with Crippen molar-refractivity contribution >= 4 is 0 Å². The minimum absolute atomic E-state index is 0.372. The molecule has 0 saturated carbocycles. The Morgan fingerprint density at radius 2 is 2.24 bits per heavy atom. The minimum Gasteiger partial charge on any atom is -0.390 e. The second kappa shape index (κ2) is 8.25. The van der Waals surface area contributed by atoms with Crippen LogP contribution in [0.5, 0.6) is 0 Å². The summed E-state index contributed by atoms with van der Waals surface area (Å²) in [5.41, 5.74) is 0. The Morgan fingerprint density at radius 3 is 2.88 bits per heavy atom. The highest BCUT2D eigenvalue weighted by molar-refractivity contribution is 4.79. The van der Waals surface area contributed by atoms with Gasteiger partial charge in [0.15, 0.2) is 0 Å². The van der Waals surface area contributed by atoms with Gasteiger partial charge >= 0.3 is 0 Å². The highest BCUT2D eigenvalue weighted by Gasteiger charge is 2.07. The fourth-order valence-electron chi connectivity index (χ4n) is 1.83. The van der Waals surface area contributed by atoms with Gasteiger partial charge in [-0.25, -0.2) is 0 Å². The van der Waals surface area contributed by atoms with Gasteiger partial charge in [-0.2, -0.15) is 5.10 Å². The third-order valence-electron chi connectivity index (χ3n) is 2.90. The maximum absolute atomic E-state index is 9.82. The highest BCUT2D eigenvalue weighted by atomic mass is 16.3. The van der Waals surface area contributed by atoms with Crippen LogP contribution < -0.4 is 5.32 Å². The average Bonchev–Trinajstić information content (AvgIpc) is 2.79. The summed E-state index contributed by atoms with van der Waals surface area (Å²) in [6.07, 6.45) is 8.23. The van der Waals surface area contributed by atoms with E-state index in [1.54, 1.807) is 10.9 Å². The molecule has 1 aromatic heterocycles. The monoisotopic (exact) mass is 239 g/mol. The number of aliphatic hydroxyl groups is 1. The molecule has 4 heteroatoms. The molecule has 0 bridgehead atoms. The molecule has 2 unspecified atom stereocenters. The number of rotatable bonds is 9. The molecule has 0 aliphatic rings. The molecule has 17 heavy (non-hydrogen) atoms. The van der Waals surface area contributed by atoms with Crippen molar-refractivity contribution in [1.82, 2.24) is 15.1 Å². The first-order chi connectivity index (χ1) is 8.22. The quantitative estimate of drug-likeness (QED) is 0.646. The molecule has 0 radical (unpaired) electrons. The van der Waals surface area contributed by atoms with Crippen molar-refractivity contribution in [3.63, 3.8) is 0 Å². The summed E-state index contributed by atoms with van der Waals surface area (Å²) in [4.78, 5) is 0. The van der Waals surface area contributed by atoms with E-state index >= 15 is 0 Å². The summed E-state index contributed by atoms with van der Waals surface area (Å²) in [5.74, 6) is 0. The minimum atomic E-state index is -0.372. The standard InChI is InChI=1S/C13H25N3O/c1-3-4-5-7-12(2)14-10-13(17)11-16-9-6-8-15-16/h6,8-9,12-14,17H,3-5,7,10-11H2,1-2H3. The number of nitrogens with one attached hydrogen (secondary N) is 1. The maximum Gasteiger partial charge on any atom is 0.0860 e. The van der Waals surface area contributed by atoms with Gasteiger partial charge < -0.3 is 10.4 Å². The predicted octanol–water partition coefficient (Wildman–Crippen LogP) is 1.80. The molecule has 0 saturated heterocycles. The fraction of sp³-hybridized carbons (Fsp3) is 0.769. The van der Waals surface area contributed by atoms with Crippen LogP contribution in [0.4, 0.5) is 0 Å². The van der Waals surface area contributed by atoms with Crippen molar-refractivity contribution < 1.29 is 5.11 Å². The SMILES string of the molecule is CCCCCC(C)NCC(O)Cn1cccn1. The Hall–Kier alpha value is -0.870. The van der Waals surface area contributed by atoms with Crippen molar-refractivity contribution in [2.24, 2.45) is 0 Å². The molecule has 1 rings (SSSR count). The zero-order valence-electron chi connectivity index (χ0n) is 11.0. The Labute approximate surface area is 104 Å². The van der Waals surface area contributed by atoms with E-state index in [-0.39, 0.29) is 6.10 Å². The second-order valence-corrected chi connectivity index (χ2v) is 4.69. The van der Waals surface area contributed by atoms with Crippen LogP contribution >= 0.6 is 0 Å². The summed E-state index contributed by atoms with van der Waals surface area (Å²) in [6.45, 7) is 5.58. The van der Waals surface area contributed by atoms with E-state index in [1.165, 1.54) is 25.7 Å². The molecule has 2 N–H and O–H groups in total. The molecule has 0 aromatic carbocycles. The lowest BCUT2D eigenvalue weighted by Gasteiger charge is -2.17. The Kier molecular flexibility index (Phi) is 6.89. The molecule has 0 aliphatic carbocycles. The molecule has 98 valence electrons. The van der Waals surface area contributed by atoms with Gasteiger partial charge in [0.1, 0.15) is 0 Å². The number of aliphatic hydroxyl groups excluding tert-OH is 1. The normalized spacial score (nSPS) is 14.8. The van der Waals surface area contributed by atoms with E-state index in [0.29, 0.717) is 19.1 Å². The van der Waals surface area contributed by atoms with Crippen LogP contribution in [-0.2, 0) is 6.54 Å². The number of hydrogen-bond donors (Lipinski definition) is 2. The molecule has 1 aromatic rings. The third-order valence-corrected chi connectivity index (χ3v) is 2.90. The number of hydrogen-bond acceptors (Lipinski definition) is 3. The Morgan fingerprint density at radius 1 is 1.41 bits per heavy atom. The van der Waals surface area contributed by atoms with Gasteiger partial charge in [0.05, 0.1) is 12.6 Å². The van der Waals surface area contributed by atoms with Gasteiger partial charge in [-0.05, 0) is 19.4 Å². The second-order valence-electron chi connectivity index (χ2n) is 4.69. The largest absolute Gasteiger partial charge is 0.390 e. The lowest BCUT2D eigenvalue weighted by Crippen LogP contribution is -2.35. The van der Waals surface area contributed by atoms with E-state index in [1.807, 2.05) is 12.3 Å². The average molecular weight is 239 g/mol. The van der Waals surface area contributed by atoms with E-state index in [4.69, 9.17) is 0 Å². The Balaban J connectivity index is 2.08. The lowest BCUT2D eigenvalue weighted by atomic mass is 10.1. The van der Waals surface area contributed by atoms with E-state index < -0.39 is 0 Å². The first-order valence-corrected chi connectivity index (χ1v) is 6.61. The first-order valence-electron chi connectivity index (χ1n) is 6.61. The maximum atomic E-state index is 9.82. The van der Waals surface area contributed by atoms with Gasteiger partial charge in [0.2, 0.25) is 0 Å². The lowest BCUT2D eigenvalue weighted by molar-refractivity contribution is 0.143. The van der Waals surface area contributed by atoms with Crippen molar-refractivity contribution in [2.75, 3.05) is 6.54 Å². The first kappa shape index (κ1) is 14.2. The molecule has 0 fully saturated rings. The molecular formula is C13H25N3O. The van der Waals surface area contributed by atoms with Crippen LogP contribution in [0.1, 0.15) is 39.5 Å². The van der Waals surface area contributed by atoms with Gasteiger partial charge in [-0.1, -0.05) is 26.2 Å². The fourth-order valence-corrected chi connectivity index (χ4v) is 1.83. The number of aromatic nitrogens is 2. The van der Waals surface area contributed by atoms with Crippen molar-refractivity contribution in [3.05, 3.63) is 18.5 Å². The molecular weight excluding hydrogens is 214 g/mol. The molecule has 0 aliphatic heterocycles. The summed E-state index contributed by atoms with van der Waals surface area (Å²) < 4.78 is 1.76. The van der Waals surface area contributed by atoms with Gasteiger partial charge in [0.25, 0.3) is 0 Å². The zero-order chi connectivity index (χ0) is 12.5. The molecule has 0 spiro atoms. The Bertz CT molecular complexity index is 274. The van der Waals surface area contributed by atoms with Gasteiger partial charge in [-0.15, -0.1) is 0 Å². The molecule has 1 heterocycles. The topological polar surface area (TPSA) is 50.1 Å². The van der Waals surface area contributed by atoms with Crippen molar-refractivity contribution in [2.45, 2.75) is 58.2 Å². The van der Waals surface area contributed by atoms with Crippen LogP contribution in [-0.4, -0.2) is 33.6 Å². The van der Waals surface area contributed by atoms with Gasteiger partial charge in [0, 0.05) is 25.0 Å². The van der Waals surface area contributed by atoms with Crippen LogP contribution in [0.3, 0.4) is 0 Å². The summed E-state index contributed by atoms with van der Waals surface area (Å²) in [5, 5.41) is 17.3. The summed E-state index contributed by atoms with van der Waals surface area (Å²) in [7, 11) is 0. The predicted molar refractivity (Wildman–Crippen MR) is 69.8 cm³/mol. The van der Waals surface area contributed by atoms with Crippen molar-refractivity contribution in [1.29, 1.82) is 0 Å². The van der Waals surface area contributed by atoms with E-state index in [0.717, 1.165) is 0 Å². The van der Waals surface area contributed by atoms with Crippen LogP contribution in [0.2, 0.25) is 0 Å². The van der Waals surface area contributed by atoms with Crippen LogP contribution in [0.15, 0.2) is 18.5 Å². The third kappa shape index (κ3) is 6.44. The molecule has 2 atom stereocenters. The van der Waals surface area contributed by atoms with Gasteiger partial charge in [-0.3, -0.25) is 4.68 Å². The highest BCUT2D eigenvalue weighted by Crippen LogP contribution is 2.02. The summed E-state index contributed by atoms with van der Waals surface area (Å²) in [6, 6.07) is 2.35. The zero-order valence-corrected chi connectivity index (χ0v) is 11.0. The van der Waals surface area contributed by atoms with Crippen LogP contribution in [0, 0.1) is 0 Å². The number of nitrogens with zero attached hydrogens (tertiary/aromatic N) is 2. The summed E-state index contributed by atoms with van der Waals surface area (Å²) >= 11 is 0. The van der Waals surface area contributed by atoms with E-state index in [2.05, 4.69) is 24.3 Å². The van der Waals surface area contributed by atoms with Crippen molar-refractivity contribution in [3.8, 4) is 0 Å². The molecule has 4 nitrogen and oxygen atoms in total. The van der Waals surface area contributed by atoms with E-state index in [9.17, 15) is 5.11 Å². The molecule has 0 amide bonds. The smallest absolute Gasteiger partial charge is 0.0860 e. The van der Waals surface area contributed by atoms with Crippen LogP contribution in [0.25, 0.3) is 0 Å². The number of unbranched alkanes of at least 4 members (excludes halogenated alkanes) is 2.